The molecule has 0 aliphatic carbocycles. The molecule has 3 aromatic heterocycles. The Hall–Kier alpha value is -4.18. The van der Waals surface area contributed by atoms with Crippen LogP contribution < -0.4 is 26.5 Å². The SMILES string of the molecule is Nc1nc(/C(=N/O)C(=O)N[C@@H]2C(=O)N3C(C(=O)[O-])=C(C[n+]4ccn5c(N)cccc54)CS[C@H]23)ns1. The van der Waals surface area contributed by atoms with Crippen molar-refractivity contribution in [2.24, 2.45) is 5.16 Å². The van der Waals surface area contributed by atoms with Crippen molar-refractivity contribution in [3.05, 3.63) is 47.7 Å². The van der Waals surface area contributed by atoms with Crippen LogP contribution in [0, 0.1) is 0 Å². The topological polar surface area (TPSA) is 208 Å². The Morgan fingerprint density at radius 3 is 2.86 bits per heavy atom. The number of fused-ring (bicyclic) bond motifs is 2. The third-order valence-corrected chi connectivity index (χ3v) is 7.47. The van der Waals surface area contributed by atoms with Gasteiger partial charge in [-0.1, -0.05) is 5.16 Å². The third-order valence-electron chi connectivity index (χ3n) is 5.58. The van der Waals surface area contributed by atoms with Gasteiger partial charge < -0.3 is 31.9 Å². The Morgan fingerprint density at radius 2 is 2.17 bits per heavy atom. The number of hydrogen-bond acceptors (Lipinski definition) is 12. The summed E-state index contributed by atoms with van der Waals surface area (Å²) in [6, 6.07) is 4.31. The van der Waals surface area contributed by atoms with E-state index in [1.807, 2.05) is 10.6 Å². The molecule has 1 fully saturated rings. The molecule has 5 heterocycles. The number of pyridine rings is 1. The first-order chi connectivity index (χ1) is 16.8. The van der Waals surface area contributed by atoms with Crippen LogP contribution >= 0.6 is 23.3 Å². The number of carboxylic acid groups (broad SMARTS) is 1. The Labute approximate surface area is 204 Å². The second-order valence-corrected chi connectivity index (χ2v) is 9.50. The molecular weight excluding hydrogens is 498 g/mol. The molecule has 0 radical (unpaired) electrons. The highest BCUT2D eigenvalue weighted by atomic mass is 32.2. The Morgan fingerprint density at radius 1 is 1.37 bits per heavy atom. The first-order valence-corrected chi connectivity index (χ1v) is 11.9. The molecule has 2 aliphatic rings. The summed E-state index contributed by atoms with van der Waals surface area (Å²) >= 11 is 2.10. The van der Waals surface area contributed by atoms with Gasteiger partial charge in [0, 0.05) is 35.0 Å². The summed E-state index contributed by atoms with van der Waals surface area (Å²) < 4.78 is 7.38. The fourth-order valence-electron chi connectivity index (χ4n) is 4.01. The van der Waals surface area contributed by atoms with Gasteiger partial charge in [0.25, 0.3) is 17.5 Å². The number of carbonyl (C=O) groups is 3. The number of nitrogens with one attached hydrogen (secondary N) is 1. The molecule has 3 aromatic rings. The highest BCUT2D eigenvalue weighted by Gasteiger charge is 2.53. The predicted octanol–water partition coefficient (Wildman–Crippen LogP) is -2.47. The van der Waals surface area contributed by atoms with Crippen molar-refractivity contribution in [1.29, 1.82) is 0 Å². The van der Waals surface area contributed by atoms with Crippen LogP contribution in [0.1, 0.15) is 5.82 Å². The van der Waals surface area contributed by atoms with Crippen molar-refractivity contribution in [2.75, 3.05) is 17.2 Å². The average molecular weight is 516 g/mol. The van der Waals surface area contributed by atoms with Gasteiger partial charge in [0.05, 0.1) is 11.7 Å². The van der Waals surface area contributed by atoms with Gasteiger partial charge in [0.15, 0.2) is 10.9 Å². The minimum Gasteiger partial charge on any atom is -0.543 e. The molecule has 0 bridgehead atoms. The Kier molecular flexibility index (Phi) is 5.52. The van der Waals surface area contributed by atoms with Crippen molar-refractivity contribution in [3.8, 4) is 0 Å². The molecule has 0 saturated carbocycles. The third kappa shape index (κ3) is 3.71. The second kappa shape index (κ2) is 8.55. The van der Waals surface area contributed by atoms with Crippen LogP contribution in [0.25, 0.3) is 5.65 Å². The highest BCUT2D eigenvalue weighted by Crippen LogP contribution is 2.40. The fourth-order valence-corrected chi connectivity index (χ4v) is 5.78. The van der Waals surface area contributed by atoms with E-state index in [9.17, 15) is 24.7 Å². The molecule has 180 valence electrons. The Bertz CT molecular complexity index is 1450. The van der Waals surface area contributed by atoms with E-state index in [0.29, 0.717) is 11.4 Å². The quantitative estimate of drug-likeness (QED) is 0.0893. The van der Waals surface area contributed by atoms with Gasteiger partial charge in [-0.25, -0.2) is 4.57 Å². The number of thioether (sulfide) groups is 1. The Balaban J connectivity index is 1.38. The van der Waals surface area contributed by atoms with Gasteiger partial charge in [-0.3, -0.25) is 14.5 Å². The average Bonchev–Trinajstić information content (AvgIpc) is 3.44. The number of oxime groups is 1. The maximum absolute atomic E-state index is 12.9. The molecule has 0 unspecified atom stereocenters. The number of hydrogen-bond donors (Lipinski definition) is 4. The summed E-state index contributed by atoms with van der Waals surface area (Å²) in [5.41, 5.74) is 11.9. The highest BCUT2D eigenvalue weighted by molar-refractivity contribution is 8.00. The van der Waals surface area contributed by atoms with Gasteiger partial charge in [-0.15, -0.1) is 11.8 Å². The summed E-state index contributed by atoms with van der Waals surface area (Å²) in [7, 11) is 0. The lowest BCUT2D eigenvalue weighted by molar-refractivity contribution is -0.662. The summed E-state index contributed by atoms with van der Waals surface area (Å²) in [4.78, 5) is 42.4. The van der Waals surface area contributed by atoms with E-state index in [1.54, 1.807) is 28.9 Å². The van der Waals surface area contributed by atoms with Crippen LogP contribution in [0.4, 0.5) is 10.9 Å². The number of nitrogen functional groups attached to an aromatic ring is 2. The first-order valence-electron chi connectivity index (χ1n) is 10.1. The van der Waals surface area contributed by atoms with Gasteiger partial charge in [0.1, 0.15) is 30.4 Å². The van der Waals surface area contributed by atoms with E-state index in [0.717, 1.165) is 22.1 Å². The molecule has 2 amide bonds. The van der Waals surface area contributed by atoms with Crippen molar-refractivity contribution in [2.45, 2.75) is 18.0 Å². The number of β-lactam (4-membered cyclic amide) rings is 1. The number of nitrogens with zero attached hydrogens (tertiary/aromatic N) is 6. The number of anilines is 2. The zero-order valence-corrected chi connectivity index (χ0v) is 19.3. The van der Waals surface area contributed by atoms with Crippen molar-refractivity contribution in [3.63, 3.8) is 0 Å². The standard InChI is InChI=1S/C19H17N9O5S2/c20-9-2-1-3-10-26(4-5-27(9)10)6-8-7-34-17-12(16(30)28(17)13(8)18(31)32)22-15(29)11(24-33)14-23-19(21)35-25-14/h1-5,12,17,20H,6-7H2,(H5,21,22,23,25,29,31,32,33)/t12-,17-/m1/s1. The molecule has 35 heavy (non-hydrogen) atoms. The number of carboxylic acids is 1. The van der Waals surface area contributed by atoms with E-state index in [1.165, 1.54) is 11.8 Å². The lowest BCUT2D eigenvalue weighted by Gasteiger charge is -2.50. The van der Waals surface area contributed by atoms with Crippen LogP contribution in [0.5, 0.6) is 0 Å². The van der Waals surface area contributed by atoms with Crippen LogP contribution in [0.2, 0.25) is 0 Å². The van der Waals surface area contributed by atoms with Crippen molar-refractivity contribution >= 4 is 63.4 Å². The lowest BCUT2D eigenvalue weighted by atomic mass is 10.0. The van der Waals surface area contributed by atoms with E-state index >= 15 is 0 Å². The number of rotatable bonds is 6. The number of amides is 2. The maximum Gasteiger partial charge on any atom is 0.288 e. The number of carbonyl (C=O) groups excluding carboxylic acids is 3. The molecule has 0 aromatic carbocycles. The number of imidazole rings is 1. The van der Waals surface area contributed by atoms with Gasteiger partial charge in [-0.2, -0.15) is 13.8 Å². The van der Waals surface area contributed by atoms with Crippen LogP contribution in [-0.2, 0) is 20.9 Å². The van der Waals surface area contributed by atoms with Gasteiger partial charge >= 0.3 is 0 Å². The lowest BCUT2D eigenvalue weighted by Crippen LogP contribution is -2.71. The van der Waals surface area contributed by atoms with E-state index in [4.69, 9.17) is 11.5 Å². The van der Waals surface area contributed by atoms with Gasteiger partial charge in [-0.05, 0) is 6.07 Å². The smallest absolute Gasteiger partial charge is 0.288 e. The number of aliphatic carboxylic acids is 1. The molecule has 14 nitrogen and oxygen atoms in total. The predicted molar refractivity (Wildman–Crippen MR) is 122 cm³/mol. The summed E-state index contributed by atoms with van der Waals surface area (Å²) in [6.07, 6.45) is 3.52. The molecule has 6 N–H and O–H groups in total. The van der Waals surface area contributed by atoms with E-state index in [-0.39, 0.29) is 29.0 Å². The monoisotopic (exact) mass is 515 g/mol. The summed E-state index contributed by atoms with van der Waals surface area (Å²) in [5, 5.41) is 26.0. The molecule has 16 heteroatoms. The molecule has 0 spiro atoms. The zero-order valence-electron chi connectivity index (χ0n) is 17.7. The normalized spacial score (nSPS) is 20.1. The molecule has 5 rings (SSSR count). The maximum atomic E-state index is 12.9. The number of nitrogens with two attached hydrogens (primary N) is 2. The van der Waals surface area contributed by atoms with Crippen LogP contribution in [-0.4, -0.2) is 64.5 Å². The molecule has 2 aliphatic heterocycles. The van der Waals surface area contributed by atoms with E-state index < -0.39 is 34.9 Å². The minimum absolute atomic E-state index is 0.0653. The van der Waals surface area contributed by atoms with E-state index in [2.05, 4.69) is 19.8 Å². The van der Waals surface area contributed by atoms with Gasteiger partial charge in [0.2, 0.25) is 11.5 Å². The largest absolute Gasteiger partial charge is 0.543 e. The minimum atomic E-state index is -1.49. The number of aromatic nitrogens is 4. The zero-order chi connectivity index (χ0) is 24.9. The molecular formula is C19H17N9O5S2. The first kappa shape index (κ1) is 22.6. The van der Waals surface area contributed by atoms with Crippen molar-refractivity contribution < 1.29 is 29.3 Å². The molecule has 2 atom stereocenters. The molecule has 1 saturated heterocycles. The second-order valence-electron chi connectivity index (χ2n) is 7.61. The summed E-state index contributed by atoms with van der Waals surface area (Å²) in [5.74, 6) is -2.42. The van der Waals surface area contributed by atoms with Crippen LogP contribution in [0.3, 0.4) is 0 Å². The fraction of sp³-hybridized carbons (Fsp3) is 0.211. The van der Waals surface area contributed by atoms with Crippen molar-refractivity contribution in [1.82, 2.24) is 24.0 Å². The summed E-state index contributed by atoms with van der Waals surface area (Å²) in [6.45, 7) is 0.196. The van der Waals surface area contributed by atoms with Crippen LogP contribution in [0.15, 0.2) is 47.0 Å².